The molecule has 0 aliphatic carbocycles. The minimum atomic E-state index is -0.836. The maximum Gasteiger partial charge on any atom is 0.0833 e. The van der Waals surface area contributed by atoms with Gasteiger partial charge in [-0.05, 0) is 31.5 Å². The van der Waals surface area contributed by atoms with E-state index in [-0.39, 0.29) is 6.04 Å². The van der Waals surface area contributed by atoms with Crippen LogP contribution in [0.4, 0.5) is 5.69 Å². The highest BCUT2D eigenvalue weighted by molar-refractivity contribution is 5.46. The van der Waals surface area contributed by atoms with Crippen molar-refractivity contribution in [2.24, 2.45) is 0 Å². The Morgan fingerprint density at radius 2 is 1.39 bits per heavy atom. The Balaban J connectivity index is 2.28. The largest absolute Gasteiger partial charge is 0.388 e. The van der Waals surface area contributed by atoms with Gasteiger partial charge in [-0.15, -0.1) is 0 Å². The number of rotatable bonds is 4. The average molecular weight is 241 g/mol. The van der Waals surface area contributed by atoms with E-state index < -0.39 is 5.60 Å². The Morgan fingerprint density at radius 1 is 0.889 bits per heavy atom. The minimum Gasteiger partial charge on any atom is -0.388 e. The molecule has 0 aliphatic heterocycles. The molecule has 0 bridgehead atoms. The number of hydrogen-bond acceptors (Lipinski definition) is 2. The van der Waals surface area contributed by atoms with Gasteiger partial charge in [0.25, 0.3) is 0 Å². The van der Waals surface area contributed by atoms with E-state index in [1.165, 1.54) is 0 Å². The summed E-state index contributed by atoms with van der Waals surface area (Å²) in [4.78, 5) is 0. The predicted molar refractivity (Wildman–Crippen MR) is 75.5 cm³/mol. The summed E-state index contributed by atoms with van der Waals surface area (Å²) in [5.41, 5.74) is 1.25. The van der Waals surface area contributed by atoms with Crippen LogP contribution >= 0.6 is 0 Å². The zero-order valence-electron chi connectivity index (χ0n) is 10.8. The topological polar surface area (TPSA) is 32.3 Å². The zero-order valence-corrected chi connectivity index (χ0v) is 10.8. The summed E-state index contributed by atoms with van der Waals surface area (Å²) in [6, 6.07) is 19.8. The first-order valence-electron chi connectivity index (χ1n) is 6.16. The van der Waals surface area contributed by atoms with Gasteiger partial charge in [0.15, 0.2) is 0 Å². The Morgan fingerprint density at radius 3 is 1.89 bits per heavy atom. The highest BCUT2D eigenvalue weighted by Crippen LogP contribution is 2.29. The molecule has 1 unspecified atom stereocenters. The lowest BCUT2D eigenvalue weighted by atomic mass is 9.91. The fourth-order valence-corrected chi connectivity index (χ4v) is 2.01. The summed E-state index contributed by atoms with van der Waals surface area (Å²) in [6.07, 6.45) is 0. The number of benzene rings is 2. The van der Waals surface area contributed by atoms with E-state index >= 15 is 0 Å². The zero-order chi connectivity index (χ0) is 13.0. The van der Waals surface area contributed by atoms with Crippen LogP contribution in [-0.4, -0.2) is 10.7 Å². The summed E-state index contributed by atoms with van der Waals surface area (Å²) in [5.74, 6) is 0. The fourth-order valence-electron chi connectivity index (χ4n) is 2.01. The molecule has 94 valence electrons. The second kappa shape index (κ2) is 5.23. The second-order valence-corrected chi connectivity index (χ2v) is 5.01. The second-order valence-electron chi connectivity index (χ2n) is 5.01. The van der Waals surface area contributed by atoms with E-state index in [0.717, 1.165) is 11.3 Å². The van der Waals surface area contributed by atoms with E-state index in [1.54, 1.807) is 0 Å². The van der Waals surface area contributed by atoms with Crippen molar-refractivity contribution in [1.82, 2.24) is 0 Å². The molecule has 0 heterocycles. The molecule has 0 aromatic heterocycles. The van der Waals surface area contributed by atoms with Crippen LogP contribution in [0, 0.1) is 0 Å². The van der Waals surface area contributed by atoms with Crippen LogP contribution in [0.2, 0.25) is 0 Å². The highest BCUT2D eigenvalue weighted by atomic mass is 16.3. The third kappa shape index (κ3) is 3.11. The standard InChI is InChI=1S/C16H19NO/c1-16(2,18)15(13-9-5-3-6-10-13)17-14-11-7-4-8-12-14/h3-12,15,17-18H,1-2H3. The molecule has 0 saturated heterocycles. The molecular weight excluding hydrogens is 222 g/mol. The van der Waals surface area contributed by atoms with Crippen LogP contribution in [0.25, 0.3) is 0 Å². The van der Waals surface area contributed by atoms with Crippen molar-refractivity contribution in [3.8, 4) is 0 Å². The van der Waals surface area contributed by atoms with Crippen molar-refractivity contribution >= 4 is 5.69 Å². The van der Waals surface area contributed by atoms with Gasteiger partial charge in [-0.1, -0.05) is 48.5 Å². The Kier molecular flexibility index (Phi) is 3.68. The van der Waals surface area contributed by atoms with E-state index in [4.69, 9.17) is 0 Å². The molecule has 0 radical (unpaired) electrons. The van der Waals surface area contributed by atoms with Crippen molar-refractivity contribution in [3.05, 3.63) is 66.2 Å². The first-order valence-corrected chi connectivity index (χ1v) is 6.16. The van der Waals surface area contributed by atoms with Gasteiger partial charge < -0.3 is 10.4 Å². The van der Waals surface area contributed by atoms with E-state index in [9.17, 15) is 5.11 Å². The molecule has 2 N–H and O–H groups in total. The molecule has 1 atom stereocenters. The number of aliphatic hydroxyl groups is 1. The quantitative estimate of drug-likeness (QED) is 0.857. The van der Waals surface area contributed by atoms with E-state index in [0.29, 0.717) is 0 Å². The predicted octanol–water partition coefficient (Wildman–Crippen LogP) is 3.61. The maximum atomic E-state index is 10.3. The fraction of sp³-hybridized carbons (Fsp3) is 0.250. The smallest absolute Gasteiger partial charge is 0.0833 e. The molecule has 2 nitrogen and oxygen atoms in total. The Labute approximate surface area is 108 Å². The van der Waals surface area contributed by atoms with Crippen LogP contribution < -0.4 is 5.32 Å². The molecule has 18 heavy (non-hydrogen) atoms. The Bertz CT molecular complexity index is 473. The lowest BCUT2D eigenvalue weighted by Gasteiger charge is -2.31. The molecule has 2 rings (SSSR count). The number of para-hydroxylation sites is 1. The van der Waals surface area contributed by atoms with Gasteiger partial charge in [-0.25, -0.2) is 0 Å². The summed E-state index contributed by atoms with van der Waals surface area (Å²) in [7, 11) is 0. The van der Waals surface area contributed by atoms with Gasteiger partial charge in [0.05, 0.1) is 11.6 Å². The van der Waals surface area contributed by atoms with Crippen LogP contribution in [0.5, 0.6) is 0 Å². The summed E-state index contributed by atoms with van der Waals surface area (Å²) in [6.45, 7) is 3.64. The number of anilines is 1. The first kappa shape index (κ1) is 12.7. The van der Waals surface area contributed by atoms with E-state index in [2.05, 4.69) is 5.32 Å². The van der Waals surface area contributed by atoms with Crippen LogP contribution in [0.3, 0.4) is 0 Å². The molecule has 0 saturated carbocycles. The maximum absolute atomic E-state index is 10.3. The molecular formula is C16H19NO. The van der Waals surface area contributed by atoms with Crippen LogP contribution in [-0.2, 0) is 0 Å². The van der Waals surface area contributed by atoms with Crippen LogP contribution in [0.15, 0.2) is 60.7 Å². The summed E-state index contributed by atoms with van der Waals surface area (Å²) >= 11 is 0. The van der Waals surface area contributed by atoms with Gasteiger partial charge in [0, 0.05) is 5.69 Å². The normalized spacial score (nSPS) is 13.1. The SMILES string of the molecule is CC(C)(O)C(Nc1ccccc1)c1ccccc1. The molecule has 0 spiro atoms. The number of nitrogens with one attached hydrogen (secondary N) is 1. The van der Waals surface area contributed by atoms with Crippen molar-refractivity contribution < 1.29 is 5.11 Å². The van der Waals surface area contributed by atoms with E-state index in [1.807, 2.05) is 74.5 Å². The van der Waals surface area contributed by atoms with Crippen molar-refractivity contribution in [2.45, 2.75) is 25.5 Å². The Hall–Kier alpha value is -1.80. The lowest BCUT2D eigenvalue weighted by molar-refractivity contribution is 0.0589. The van der Waals surface area contributed by atoms with Crippen molar-refractivity contribution in [1.29, 1.82) is 0 Å². The van der Waals surface area contributed by atoms with Gasteiger partial charge >= 0.3 is 0 Å². The average Bonchev–Trinajstić information content (AvgIpc) is 2.37. The summed E-state index contributed by atoms with van der Waals surface area (Å²) < 4.78 is 0. The van der Waals surface area contributed by atoms with Crippen molar-refractivity contribution in [2.75, 3.05) is 5.32 Å². The highest BCUT2D eigenvalue weighted by Gasteiger charge is 2.28. The molecule has 2 aromatic carbocycles. The molecule has 0 aliphatic rings. The van der Waals surface area contributed by atoms with Gasteiger partial charge in [0.1, 0.15) is 0 Å². The molecule has 2 aromatic rings. The van der Waals surface area contributed by atoms with Crippen molar-refractivity contribution in [3.63, 3.8) is 0 Å². The number of hydrogen-bond donors (Lipinski definition) is 2. The third-order valence-corrected chi connectivity index (χ3v) is 2.92. The lowest BCUT2D eigenvalue weighted by Crippen LogP contribution is -2.34. The van der Waals surface area contributed by atoms with Gasteiger partial charge in [0.2, 0.25) is 0 Å². The molecule has 0 amide bonds. The third-order valence-electron chi connectivity index (χ3n) is 2.92. The monoisotopic (exact) mass is 241 g/mol. The summed E-state index contributed by atoms with van der Waals surface area (Å²) in [5, 5.41) is 13.7. The van der Waals surface area contributed by atoms with Crippen LogP contribution in [0.1, 0.15) is 25.5 Å². The first-order chi connectivity index (χ1) is 8.57. The molecule has 2 heteroatoms. The van der Waals surface area contributed by atoms with Gasteiger partial charge in [-0.2, -0.15) is 0 Å². The molecule has 0 fully saturated rings. The minimum absolute atomic E-state index is 0.138. The van der Waals surface area contributed by atoms with Gasteiger partial charge in [-0.3, -0.25) is 0 Å².